The van der Waals surface area contributed by atoms with Crippen molar-refractivity contribution in [3.8, 4) is 0 Å². The largest absolute Gasteiger partial charge is 0.444 e. The zero-order valence-electron chi connectivity index (χ0n) is 25.7. The number of hydrogen-bond donors (Lipinski definition) is 0. The molecule has 2 fully saturated rings. The van der Waals surface area contributed by atoms with E-state index in [1.54, 1.807) is 37.8 Å². The van der Waals surface area contributed by atoms with Gasteiger partial charge in [0.05, 0.1) is 17.2 Å². The molecule has 7 nitrogen and oxygen atoms in total. The summed E-state index contributed by atoms with van der Waals surface area (Å²) in [6.45, 7) is 7.09. The van der Waals surface area contributed by atoms with Gasteiger partial charge >= 0.3 is 24.5 Å². The minimum Gasteiger partial charge on any atom is -0.444 e. The highest BCUT2D eigenvalue weighted by Gasteiger charge is 2.43. The van der Waals surface area contributed by atoms with Gasteiger partial charge in [-0.25, -0.2) is 14.0 Å². The molecule has 0 unspecified atom stereocenters. The van der Waals surface area contributed by atoms with Gasteiger partial charge in [0.1, 0.15) is 11.4 Å². The molecule has 14 heteroatoms. The van der Waals surface area contributed by atoms with Gasteiger partial charge in [0.15, 0.2) is 0 Å². The number of nitrogens with zero attached hydrogens (tertiary/aromatic N) is 4. The molecule has 3 amide bonds. The number of carbonyl (C=O) groups is 2. The highest BCUT2D eigenvalue weighted by atomic mass is 19.4. The Morgan fingerprint density at radius 1 is 0.844 bits per heavy atom. The molecule has 2 saturated heterocycles. The van der Waals surface area contributed by atoms with E-state index < -0.39 is 58.8 Å². The lowest BCUT2D eigenvalue weighted by molar-refractivity contribution is -0.143. The number of piperidine rings is 1. The van der Waals surface area contributed by atoms with E-state index in [4.69, 9.17) is 4.74 Å². The van der Waals surface area contributed by atoms with Crippen LogP contribution < -0.4 is 4.90 Å². The topological polar surface area (TPSA) is 56.3 Å². The Morgan fingerprint density at radius 2 is 1.38 bits per heavy atom. The minimum atomic E-state index is -5.06. The number of urea groups is 1. The lowest BCUT2D eigenvalue weighted by Gasteiger charge is -2.37. The molecule has 0 spiro atoms. The average molecular weight is 647 g/mol. The van der Waals surface area contributed by atoms with Crippen LogP contribution in [0.2, 0.25) is 0 Å². The molecule has 2 heterocycles. The van der Waals surface area contributed by atoms with Crippen LogP contribution in [0.15, 0.2) is 42.5 Å². The van der Waals surface area contributed by atoms with Gasteiger partial charge < -0.3 is 14.5 Å². The molecule has 2 aromatic rings. The zero-order chi connectivity index (χ0) is 33.5. The number of halogens is 7. The Kier molecular flexibility index (Phi) is 9.68. The van der Waals surface area contributed by atoms with Gasteiger partial charge in [-0.15, -0.1) is 0 Å². The van der Waals surface area contributed by atoms with Gasteiger partial charge in [0.2, 0.25) is 0 Å². The zero-order valence-corrected chi connectivity index (χ0v) is 25.7. The van der Waals surface area contributed by atoms with E-state index in [1.807, 2.05) is 0 Å². The van der Waals surface area contributed by atoms with Gasteiger partial charge in [0.25, 0.3) is 0 Å². The van der Waals surface area contributed by atoms with Crippen molar-refractivity contribution in [1.82, 2.24) is 14.7 Å². The number of likely N-dealkylation sites (N-methyl/N-ethyl adjacent to an activating group) is 1. The van der Waals surface area contributed by atoms with E-state index in [9.17, 15) is 40.3 Å². The van der Waals surface area contributed by atoms with Crippen molar-refractivity contribution in [3.05, 3.63) is 65.0 Å². The molecular weight excluding hydrogens is 609 g/mol. The van der Waals surface area contributed by atoms with Crippen LogP contribution in [-0.4, -0.2) is 84.8 Å². The molecule has 2 aliphatic heterocycles. The van der Waals surface area contributed by atoms with Gasteiger partial charge in [-0.1, -0.05) is 12.1 Å². The number of rotatable bonds is 4. The van der Waals surface area contributed by atoms with E-state index >= 15 is 0 Å². The third kappa shape index (κ3) is 8.19. The summed E-state index contributed by atoms with van der Waals surface area (Å²) in [5.74, 6) is -0.780. The molecule has 2 atom stereocenters. The SMILES string of the molecule is CN(C(=O)N(C)[C@@H]1CN(C2CCN(C(=O)OC(C)(C)C)CC2)C[C@H]1c1ccc(F)cc1)c1cc(C(F)(F)F)cc(C(F)(F)F)c1. The first-order chi connectivity index (χ1) is 20.7. The summed E-state index contributed by atoms with van der Waals surface area (Å²) in [5.41, 5.74) is -3.51. The number of carbonyl (C=O) groups excluding carboxylic acids is 2. The molecule has 0 aliphatic carbocycles. The maximum absolute atomic E-state index is 13.8. The summed E-state index contributed by atoms with van der Waals surface area (Å²) in [6, 6.07) is 5.53. The Balaban J connectivity index is 1.56. The Hall–Kier alpha value is -3.55. The maximum Gasteiger partial charge on any atom is 0.416 e. The molecule has 0 bridgehead atoms. The molecule has 248 valence electrons. The molecule has 0 saturated carbocycles. The van der Waals surface area contributed by atoms with Crippen LogP contribution in [-0.2, 0) is 17.1 Å². The lowest BCUT2D eigenvalue weighted by atomic mass is 9.93. The van der Waals surface area contributed by atoms with Crippen molar-refractivity contribution in [3.63, 3.8) is 0 Å². The van der Waals surface area contributed by atoms with E-state index in [0.717, 1.165) is 17.5 Å². The molecule has 4 rings (SSSR count). The number of alkyl halides is 6. The Morgan fingerprint density at radius 3 is 1.87 bits per heavy atom. The summed E-state index contributed by atoms with van der Waals surface area (Å²) in [7, 11) is 2.58. The fourth-order valence-electron chi connectivity index (χ4n) is 5.91. The monoisotopic (exact) mass is 646 g/mol. The van der Waals surface area contributed by atoms with Crippen LogP contribution in [0.1, 0.15) is 56.2 Å². The molecule has 0 aromatic heterocycles. The quantitative estimate of drug-likeness (QED) is 0.330. The van der Waals surface area contributed by atoms with Crippen molar-refractivity contribution in [1.29, 1.82) is 0 Å². The number of benzene rings is 2. The lowest BCUT2D eigenvalue weighted by Crippen LogP contribution is -2.49. The Bertz CT molecular complexity index is 1330. The van der Waals surface area contributed by atoms with E-state index in [-0.39, 0.29) is 18.0 Å². The molecule has 45 heavy (non-hydrogen) atoms. The average Bonchev–Trinajstić information content (AvgIpc) is 3.40. The summed E-state index contributed by atoms with van der Waals surface area (Å²) >= 11 is 0. The van der Waals surface area contributed by atoms with E-state index in [0.29, 0.717) is 51.2 Å². The smallest absolute Gasteiger partial charge is 0.416 e. The number of anilines is 1. The van der Waals surface area contributed by atoms with E-state index in [1.165, 1.54) is 24.1 Å². The van der Waals surface area contributed by atoms with Crippen LogP contribution in [0, 0.1) is 5.82 Å². The van der Waals surface area contributed by atoms with Crippen LogP contribution in [0.25, 0.3) is 0 Å². The summed E-state index contributed by atoms with van der Waals surface area (Å²) < 4.78 is 100. The van der Waals surface area contributed by atoms with Gasteiger partial charge in [-0.05, 0) is 69.5 Å². The summed E-state index contributed by atoms with van der Waals surface area (Å²) in [6.07, 6.45) is -9.27. The number of likely N-dealkylation sites (tertiary alicyclic amines) is 2. The van der Waals surface area contributed by atoms with Crippen molar-refractivity contribution < 1.29 is 45.1 Å². The highest BCUT2D eigenvalue weighted by Crippen LogP contribution is 2.39. The predicted octanol–water partition coefficient (Wildman–Crippen LogP) is 7.22. The third-order valence-electron chi connectivity index (χ3n) is 8.29. The fraction of sp³-hybridized carbons (Fsp3) is 0.548. The molecule has 2 aromatic carbocycles. The van der Waals surface area contributed by atoms with Gasteiger partial charge in [-0.2, -0.15) is 26.3 Å². The normalized spacial score (nSPS) is 20.3. The third-order valence-corrected chi connectivity index (χ3v) is 8.29. The number of hydrogen-bond acceptors (Lipinski definition) is 4. The van der Waals surface area contributed by atoms with Crippen LogP contribution in [0.5, 0.6) is 0 Å². The number of amides is 3. The van der Waals surface area contributed by atoms with Crippen molar-refractivity contribution in [2.45, 2.75) is 69.6 Å². The number of ether oxygens (including phenoxy) is 1. The van der Waals surface area contributed by atoms with Crippen LogP contribution >= 0.6 is 0 Å². The van der Waals surface area contributed by atoms with Crippen molar-refractivity contribution >= 4 is 17.8 Å². The first-order valence-electron chi connectivity index (χ1n) is 14.5. The molecular formula is C31H37F7N4O3. The summed E-state index contributed by atoms with van der Waals surface area (Å²) in [5, 5.41) is 0. The second-order valence-electron chi connectivity index (χ2n) is 12.6. The fourth-order valence-corrected chi connectivity index (χ4v) is 5.91. The first kappa shape index (κ1) is 34.3. The van der Waals surface area contributed by atoms with Crippen LogP contribution in [0.3, 0.4) is 0 Å². The van der Waals surface area contributed by atoms with Gasteiger partial charge in [0, 0.05) is 57.9 Å². The molecule has 2 aliphatic rings. The highest BCUT2D eigenvalue weighted by molar-refractivity contribution is 5.92. The Labute approximate surface area is 257 Å². The maximum atomic E-state index is 13.8. The standard InChI is InChI=1S/C31H37F7N4O3/c1-29(2,3)45-28(44)41-12-10-23(11-13-41)42-17-25(19-6-8-22(32)9-7-19)26(18-42)40(5)27(43)39(4)24-15-20(30(33,34)35)14-21(16-24)31(36,37)38/h6-9,14-16,23,25-26H,10-13,17-18H2,1-5H3/t25-,26+/m0/s1. The van der Waals surface area contributed by atoms with Crippen LogP contribution in [0.4, 0.5) is 46.0 Å². The van der Waals surface area contributed by atoms with E-state index in [2.05, 4.69) is 4.90 Å². The second kappa shape index (κ2) is 12.7. The van der Waals surface area contributed by atoms with Crippen molar-refractivity contribution in [2.24, 2.45) is 0 Å². The minimum absolute atomic E-state index is 0.0130. The molecule has 0 N–H and O–H groups in total. The predicted molar refractivity (Wildman–Crippen MR) is 153 cm³/mol. The molecule has 0 radical (unpaired) electrons. The van der Waals surface area contributed by atoms with Gasteiger partial charge in [-0.3, -0.25) is 9.80 Å². The van der Waals surface area contributed by atoms with Crippen molar-refractivity contribution in [2.75, 3.05) is 45.2 Å². The second-order valence-corrected chi connectivity index (χ2v) is 12.6. The summed E-state index contributed by atoms with van der Waals surface area (Å²) in [4.78, 5) is 32.1. The first-order valence-corrected chi connectivity index (χ1v) is 14.5.